The van der Waals surface area contributed by atoms with Gasteiger partial charge in [0.05, 0.1) is 25.1 Å². The van der Waals surface area contributed by atoms with Gasteiger partial charge in [-0.2, -0.15) is 0 Å². The quantitative estimate of drug-likeness (QED) is 0.736. The van der Waals surface area contributed by atoms with Crippen molar-refractivity contribution in [2.24, 2.45) is 0 Å². The normalized spacial score (nSPS) is 11.0. The van der Waals surface area contributed by atoms with Gasteiger partial charge in [0.15, 0.2) is 11.5 Å². The second kappa shape index (κ2) is 3.76. The number of hydrogen-bond donors (Lipinski definition) is 1. The first-order valence-electron chi connectivity index (χ1n) is 5.35. The zero-order valence-corrected chi connectivity index (χ0v) is 9.93. The third-order valence-corrected chi connectivity index (χ3v) is 2.87. The van der Waals surface area contributed by atoms with Crippen LogP contribution in [0.1, 0.15) is 0 Å². The van der Waals surface area contributed by atoms with E-state index in [1.54, 1.807) is 36.0 Å². The first-order valence-corrected chi connectivity index (χ1v) is 5.35. The second-order valence-electron chi connectivity index (χ2n) is 3.80. The van der Waals surface area contributed by atoms with Crippen molar-refractivity contribution in [2.75, 3.05) is 14.2 Å². The average molecular weight is 245 g/mol. The van der Waals surface area contributed by atoms with Crippen molar-refractivity contribution >= 4 is 16.7 Å². The zero-order valence-electron chi connectivity index (χ0n) is 9.93. The molecule has 0 spiro atoms. The third-order valence-electron chi connectivity index (χ3n) is 2.87. The maximum absolute atomic E-state index is 12.0. The number of rotatable bonds is 2. The van der Waals surface area contributed by atoms with Crippen LogP contribution in [0, 0.1) is 0 Å². The molecule has 0 saturated carbocycles. The summed E-state index contributed by atoms with van der Waals surface area (Å²) in [5.74, 6) is 1.60. The van der Waals surface area contributed by atoms with Crippen molar-refractivity contribution in [2.45, 2.75) is 0 Å². The van der Waals surface area contributed by atoms with Gasteiger partial charge in [-0.25, -0.2) is 4.98 Å². The SMILES string of the molecule is COc1cc2c(=O)[nH]c3nccn3c2cc1OC. The molecule has 0 radical (unpaired) electrons. The van der Waals surface area contributed by atoms with Crippen LogP contribution in [-0.4, -0.2) is 28.6 Å². The molecule has 6 nitrogen and oxygen atoms in total. The van der Waals surface area contributed by atoms with Gasteiger partial charge >= 0.3 is 0 Å². The van der Waals surface area contributed by atoms with Gasteiger partial charge in [0, 0.05) is 18.5 Å². The number of aromatic nitrogens is 3. The molecular formula is C12H11N3O3. The van der Waals surface area contributed by atoms with E-state index in [2.05, 4.69) is 9.97 Å². The van der Waals surface area contributed by atoms with E-state index in [0.29, 0.717) is 22.7 Å². The van der Waals surface area contributed by atoms with E-state index >= 15 is 0 Å². The van der Waals surface area contributed by atoms with E-state index in [4.69, 9.17) is 9.47 Å². The Balaban J connectivity index is 2.52. The Bertz CT molecular complexity index is 788. The second-order valence-corrected chi connectivity index (χ2v) is 3.80. The van der Waals surface area contributed by atoms with Crippen LogP contribution in [0.25, 0.3) is 16.7 Å². The fraction of sp³-hybridized carbons (Fsp3) is 0.167. The molecule has 0 aliphatic carbocycles. The Morgan fingerprint density at radius 2 is 1.94 bits per heavy atom. The number of ether oxygens (including phenoxy) is 2. The van der Waals surface area contributed by atoms with Gasteiger partial charge in [-0.3, -0.25) is 14.2 Å². The number of benzene rings is 1. The summed E-state index contributed by atoms with van der Waals surface area (Å²) in [6.45, 7) is 0. The molecule has 2 heterocycles. The Hall–Kier alpha value is -2.50. The summed E-state index contributed by atoms with van der Waals surface area (Å²) in [5.41, 5.74) is 0.522. The molecule has 1 aromatic carbocycles. The van der Waals surface area contributed by atoms with Crippen molar-refractivity contribution in [3.8, 4) is 11.5 Å². The van der Waals surface area contributed by atoms with Crippen molar-refractivity contribution in [1.29, 1.82) is 0 Å². The number of aromatic amines is 1. The van der Waals surface area contributed by atoms with Crippen molar-refractivity contribution in [1.82, 2.24) is 14.4 Å². The highest BCUT2D eigenvalue weighted by Crippen LogP contribution is 2.30. The average Bonchev–Trinajstić information content (AvgIpc) is 2.85. The smallest absolute Gasteiger partial charge is 0.260 e. The molecule has 0 saturated heterocycles. The molecule has 0 aliphatic heterocycles. The molecule has 1 N–H and O–H groups in total. The van der Waals surface area contributed by atoms with Crippen LogP contribution in [0.4, 0.5) is 0 Å². The van der Waals surface area contributed by atoms with Crippen LogP contribution < -0.4 is 15.0 Å². The Kier molecular flexibility index (Phi) is 2.22. The fourth-order valence-corrected chi connectivity index (χ4v) is 2.01. The predicted octanol–water partition coefficient (Wildman–Crippen LogP) is 1.19. The highest BCUT2D eigenvalue weighted by molar-refractivity contribution is 5.83. The summed E-state index contributed by atoms with van der Waals surface area (Å²) in [5, 5.41) is 0.526. The standard InChI is InChI=1S/C12H11N3O3/c1-17-9-5-7-8(6-10(9)18-2)15-4-3-13-12(15)14-11(7)16/h3-6H,1-2H3,(H,13,14,16). The lowest BCUT2D eigenvalue weighted by Crippen LogP contribution is -2.10. The number of nitrogens with one attached hydrogen (secondary N) is 1. The van der Waals surface area contributed by atoms with Gasteiger partial charge in [-0.15, -0.1) is 0 Å². The van der Waals surface area contributed by atoms with Crippen molar-refractivity contribution in [3.05, 3.63) is 34.9 Å². The summed E-state index contributed by atoms with van der Waals surface area (Å²) in [6, 6.07) is 3.42. The van der Waals surface area contributed by atoms with E-state index in [9.17, 15) is 4.79 Å². The van der Waals surface area contributed by atoms with Crippen molar-refractivity contribution < 1.29 is 9.47 Å². The minimum atomic E-state index is -0.204. The molecule has 3 rings (SSSR count). The van der Waals surface area contributed by atoms with Crippen LogP contribution in [-0.2, 0) is 0 Å². The molecule has 92 valence electrons. The molecule has 0 unspecified atom stereocenters. The molecule has 6 heteroatoms. The third kappa shape index (κ3) is 1.35. The molecule has 3 aromatic rings. The van der Waals surface area contributed by atoms with E-state index in [1.165, 1.54) is 7.11 Å². The first-order chi connectivity index (χ1) is 8.74. The number of methoxy groups -OCH3 is 2. The molecule has 0 amide bonds. The molecule has 0 aliphatic rings. The van der Waals surface area contributed by atoms with Gasteiger partial charge in [-0.05, 0) is 6.07 Å². The van der Waals surface area contributed by atoms with Gasteiger partial charge in [0.2, 0.25) is 5.78 Å². The Morgan fingerprint density at radius 1 is 1.22 bits per heavy atom. The van der Waals surface area contributed by atoms with Gasteiger partial charge in [0.1, 0.15) is 0 Å². The van der Waals surface area contributed by atoms with Crippen LogP contribution in [0.15, 0.2) is 29.3 Å². The monoisotopic (exact) mass is 245 g/mol. The molecule has 0 bridgehead atoms. The molecule has 18 heavy (non-hydrogen) atoms. The largest absolute Gasteiger partial charge is 0.493 e. The number of imidazole rings is 1. The van der Waals surface area contributed by atoms with Crippen LogP contribution in [0.2, 0.25) is 0 Å². The fourth-order valence-electron chi connectivity index (χ4n) is 2.01. The lowest BCUT2D eigenvalue weighted by molar-refractivity contribution is 0.355. The molecule has 0 atom stereocenters. The topological polar surface area (TPSA) is 68.6 Å². The highest BCUT2D eigenvalue weighted by atomic mass is 16.5. The minimum Gasteiger partial charge on any atom is -0.493 e. The summed E-state index contributed by atoms with van der Waals surface area (Å²) < 4.78 is 12.2. The molecule has 0 fully saturated rings. The van der Waals surface area contributed by atoms with Crippen molar-refractivity contribution in [3.63, 3.8) is 0 Å². The summed E-state index contributed by atoms with van der Waals surface area (Å²) in [4.78, 5) is 18.7. The number of hydrogen-bond acceptors (Lipinski definition) is 4. The van der Waals surface area contributed by atoms with Gasteiger partial charge in [0.25, 0.3) is 5.56 Å². The van der Waals surface area contributed by atoms with E-state index in [1.807, 2.05) is 0 Å². The Labute approximate surface area is 102 Å². The lowest BCUT2D eigenvalue weighted by Gasteiger charge is -2.09. The van der Waals surface area contributed by atoms with Crippen LogP contribution >= 0.6 is 0 Å². The molecule has 2 aromatic heterocycles. The lowest BCUT2D eigenvalue weighted by atomic mass is 10.2. The minimum absolute atomic E-state index is 0.204. The predicted molar refractivity (Wildman–Crippen MR) is 66.4 cm³/mol. The zero-order chi connectivity index (χ0) is 12.7. The highest BCUT2D eigenvalue weighted by Gasteiger charge is 2.11. The van der Waals surface area contributed by atoms with Gasteiger partial charge < -0.3 is 9.47 Å². The van der Waals surface area contributed by atoms with E-state index in [-0.39, 0.29) is 5.56 Å². The summed E-state index contributed by atoms with van der Waals surface area (Å²) in [6.07, 6.45) is 3.40. The maximum atomic E-state index is 12.0. The summed E-state index contributed by atoms with van der Waals surface area (Å²) >= 11 is 0. The van der Waals surface area contributed by atoms with E-state index < -0.39 is 0 Å². The van der Waals surface area contributed by atoms with Crippen LogP contribution in [0.5, 0.6) is 11.5 Å². The van der Waals surface area contributed by atoms with Gasteiger partial charge in [-0.1, -0.05) is 0 Å². The maximum Gasteiger partial charge on any atom is 0.260 e. The number of fused-ring (bicyclic) bond motifs is 3. The first kappa shape index (κ1) is 10.6. The number of nitrogens with zero attached hydrogens (tertiary/aromatic N) is 2. The Morgan fingerprint density at radius 3 is 2.67 bits per heavy atom. The number of H-pyrrole nitrogens is 1. The molecular weight excluding hydrogens is 234 g/mol. The van der Waals surface area contributed by atoms with Crippen LogP contribution in [0.3, 0.4) is 0 Å². The van der Waals surface area contributed by atoms with E-state index in [0.717, 1.165) is 5.52 Å². The summed E-state index contributed by atoms with van der Waals surface area (Å²) in [7, 11) is 3.09.